The normalized spacial score (nSPS) is 28.7. The largest absolute Gasteiger partial charge is 0.592 e. The number of nitrogens with one attached hydrogen (secondary N) is 2. The topological polar surface area (TPSA) is 116 Å². The Hall–Kier alpha value is -2.91. The smallest absolute Gasteiger partial charge is 0.196 e. The van der Waals surface area contributed by atoms with E-state index in [2.05, 4.69) is 42.7 Å². The number of aliphatic imine (C=N–C) groups is 1. The van der Waals surface area contributed by atoms with Gasteiger partial charge in [-0.2, -0.15) is 12.0 Å². The molecule has 0 aromatic heterocycles. The van der Waals surface area contributed by atoms with E-state index >= 15 is 0 Å². The maximum Gasteiger partial charge on any atom is 0.196 e. The number of phenolic OH excluding ortho intramolecular Hbond substituents is 1. The Balaban J connectivity index is 1.13. The van der Waals surface area contributed by atoms with Gasteiger partial charge in [0.05, 0.1) is 24.0 Å². The highest BCUT2D eigenvalue weighted by Crippen LogP contribution is 2.60. The van der Waals surface area contributed by atoms with Crippen molar-refractivity contribution in [2.45, 2.75) is 96.8 Å². The summed E-state index contributed by atoms with van der Waals surface area (Å²) in [5.74, 6) is 3.82. The lowest BCUT2D eigenvalue weighted by Gasteiger charge is -2.39. The van der Waals surface area contributed by atoms with Crippen molar-refractivity contribution in [2.75, 3.05) is 32.8 Å². The molecule has 7 rings (SSSR count). The quantitative estimate of drug-likeness (QED) is 0.111. The number of benzene rings is 1. The van der Waals surface area contributed by atoms with Crippen LogP contribution in [-0.4, -0.2) is 72.1 Å². The molecule has 2 fully saturated rings. The lowest BCUT2D eigenvalue weighted by Crippen LogP contribution is -2.41. The van der Waals surface area contributed by atoms with Gasteiger partial charge in [-0.3, -0.25) is 5.32 Å². The molecule has 8 heteroatoms. The Morgan fingerprint density at radius 1 is 1.26 bits per heavy atom. The Bertz CT molecular complexity index is 1350. The summed E-state index contributed by atoms with van der Waals surface area (Å²) in [6, 6.07) is 6.45. The molecule has 0 radical (unpaired) electrons. The van der Waals surface area contributed by atoms with Crippen molar-refractivity contribution in [3.8, 4) is 11.5 Å². The minimum atomic E-state index is -0.379. The second-order valence-electron chi connectivity index (χ2n) is 14.3. The van der Waals surface area contributed by atoms with Gasteiger partial charge in [0.25, 0.3) is 0 Å². The summed E-state index contributed by atoms with van der Waals surface area (Å²) in [7, 11) is 0. The summed E-state index contributed by atoms with van der Waals surface area (Å²) < 4.78 is 12.5. The third-order valence-corrected chi connectivity index (χ3v) is 11.1. The van der Waals surface area contributed by atoms with Gasteiger partial charge < -0.3 is 30.1 Å². The first-order valence-corrected chi connectivity index (χ1v) is 18.1. The average Bonchev–Trinajstić information content (AvgIpc) is 3.78. The number of aromatic hydroxyl groups is 1. The molecule has 6 aliphatic rings. The van der Waals surface area contributed by atoms with Gasteiger partial charge in [0.2, 0.25) is 0 Å². The third kappa shape index (κ3) is 7.26. The summed E-state index contributed by atoms with van der Waals surface area (Å²) in [6.07, 6.45) is 18.4. The molecule has 47 heavy (non-hydrogen) atoms. The molecule has 2 aliphatic heterocycles. The summed E-state index contributed by atoms with van der Waals surface area (Å²) >= 11 is 0. The highest BCUT2D eigenvalue weighted by molar-refractivity contribution is 6.07. The molecular weight excluding hydrogens is 590 g/mol. The molecule has 8 nitrogen and oxygen atoms in total. The van der Waals surface area contributed by atoms with Crippen LogP contribution in [0.5, 0.6) is 11.5 Å². The molecule has 2 saturated carbocycles. The fraction of sp³-hybridized carbons (Fsp3) is 0.615. The van der Waals surface area contributed by atoms with Crippen LogP contribution < -0.4 is 15.4 Å². The molecule has 256 valence electrons. The number of hydrogen-bond acceptors (Lipinski definition) is 8. The van der Waals surface area contributed by atoms with Crippen LogP contribution in [0.15, 0.2) is 58.8 Å². The number of aliphatic hydroxyl groups excluding tert-OH is 2. The molecule has 1 spiro atoms. The lowest BCUT2D eigenvalue weighted by atomic mass is 9.64. The monoisotopic (exact) mass is 645 g/mol. The zero-order valence-electron chi connectivity index (χ0n) is 28.5. The van der Waals surface area contributed by atoms with Gasteiger partial charge in [0.1, 0.15) is 18.2 Å². The SMILES string of the molecule is CCCCC1OC(CCc2ccc(O)c(OCC(NCC)[C+]3C=C4C(=N3)C3C=CC5(CCCC5C3)C4CNCC(C)O)c2)=C[C-]1CO. The summed E-state index contributed by atoms with van der Waals surface area (Å²) in [6.45, 7) is 8.67. The van der Waals surface area contributed by atoms with Gasteiger partial charge in [-0.15, -0.1) is 4.99 Å². The Morgan fingerprint density at radius 2 is 2.13 bits per heavy atom. The highest BCUT2D eigenvalue weighted by Gasteiger charge is 2.59. The van der Waals surface area contributed by atoms with Gasteiger partial charge in [0, 0.05) is 31.2 Å². The predicted molar refractivity (Wildman–Crippen MR) is 186 cm³/mol. The van der Waals surface area contributed by atoms with Gasteiger partial charge in [-0.25, -0.2) is 0 Å². The number of ether oxygens (including phenoxy) is 2. The van der Waals surface area contributed by atoms with E-state index in [0.29, 0.717) is 36.7 Å². The minimum Gasteiger partial charge on any atom is -0.592 e. The minimum absolute atomic E-state index is 0.0160. The van der Waals surface area contributed by atoms with Crippen LogP contribution in [0.2, 0.25) is 0 Å². The molecule has 1 aromatic rings. The number of rotatable bonds is 17. The number of aliphatic hydroxyl groups is 2. The number of aryl methyl sites for hydroxylation is 1. The van der Waals surface area contributed by atoms with E-state index in [4.69, 9.17) is 14.5 Å². The Morgan fingerprint density at radius 3 is 2.91 bits per heavy atom. The summed E-state index contributed by atoms with van der Waals surface area (Å²) in [4.78, 5) is 5.32. The van der Waals surface area contributed by atoms with Crippen LogP contribution in [0.3, 0.4) is 0 Å². The van der Waals surface area contributed by atoms with Crippen molar-refractivity contribution < 1.29 is 24.8 Å². The van der Waals surface area contributed by atoms with Gasteiger partial charge in [-0.05, 0) is 69.2 Å². The van der Waals surface area contributed by atoms with E-state index in [1.165, 1.54) is 30.5 Å². The zero-order chi connectivity index (χ0) is 33.0. The lowest BCUT2D eigenvalue weighted by molar-refractivity contribution is 0.123. The van der Waals surface area contributed by atoms with Gasteiger partial charge in [0.15, 0.2) is 23.3 Å². The van der Waals surface area contributed by atoms with E-state index in [9.17, 15) is 15.3 Å². The molecule has 0 saturated heterocycles. The van der Waals surface area contributed by atoms with E-state index in [1.54, 1.807) is 6.07 Å². The summed E-state index contributed by atoms with van der Waals surface area (Å²) in [5.41, 5.74) is 3.78. The van der Waals surface area contributed by atoms with Crippen molar-refractivity contribution in [3.05, 3.63) is 71.4 Å². The first-order chi connectivity index (χ1) is 22.8. The first kappa shape index (κ1) is 34.0. The first-order valence-electron chi connectivity index (χ1n) is 18.1. The fourth-order valence-electron chi connectivity index (χ4n) is 8.66. The van der Waals surface area contributed by atoms with Crippen LogP contribution in [-0.2, 0) is 11.2 Å². The van der Waals surface area contributed by atoms with Crippen LogP contribution in [0.25, 0.3) is 0 Å². The number of allylic oxidation sites excluding steroid dienone is 3. The van der Waals surface area contributed by atoms with Crippen LogP contribution in [0.1, 0.15) is 77.7 Å². The Labute approximate surface area is 281 Å². The van der Waals surface area contributed by atoms with Crippen molar-refractivity contribution >= 4 is 5.71 Å². The summed E-state index contributed by atoms with van der Waals surface area (Å²) in [5, 5.41) is 37.7. The number of phenols is 1. The molecule has 1 aromatic carbocycles. The van der Waals surface area contributed by atoms with E-state index in [0.717, 1.165) is 74.9 Å². The predicted octanol–water partition coefficient (Wildman–Crippen LogP) is 5.60. The molecular formula is C39H55N3O5. The molecule has 7 atom stereocenters. The Kier molecular flexibility index (Phi) is 10.9. The van der Waals surface area contributed by atoms with Crippen LogP contribution in [0, 0.1) is 35.1 Å². The second-order valence-corrected chi connectivity index (χ2v) is 14.3. The number of likely N-dealkylation sites (N-methyl/N-ethyl adjacent to an activating group) is 1. The van der Waals surface area contributed by atoms with Crippen molar-refractivity contribution in [1.29, 1.82) is 0 Å². The van der Waals surface area contributed by atoms with E-state index in [-0.39, 0.29) is 36.0 Å². The van der Waals surface area contributed by atoms with Crippen LogP contribution in [0.4, 0.5) is 0 Å². The van der Waals surface area contributed by atoms with Crippen molar-refractivity contribution in [1.82, 2.24) is 10.6 Å². The fourth-order valence-corrected chi connectivity index (χ4v) is 8.66. The maximum atomic E-state index is 10.7. The molecule has 2 heterocycles. The maximum absolute atomic E-state index is 10.7. The molecule has 2 bridgehead atoms. The number of hydrogen-bond donors (Lipinski definition) is 5. The van der Waals surface area contributed by atoms with Crippen LogP contribution >= 0.6 is 0 Å². The van der Waals surface area contributed by atoms with Gasteiger partial charge >= 0.3 is 0 Å². The third-order valence-electron chi connectivity index (χ3n) is 11.1. The van der Waals surface area contributed by atoms with Crippen molar-refractivity contribution in [2.24, 2.45) is 28.2 Å². The average molecular weight is 646 g/mol. The van der Waals surface area contributed by atoms with E-state index in [1.807, 2.05) is 25.1 Å². The molecule has 5 N–H and O–H groups in total. The number of unbranched alkanes of at least 4 members (excludes halogenated alkanes) is 1. The molecule has 7 unspecified atom stereocenters. The molecule has 4 aliphatic carbocycles. The highest BCUT2D eigenvalue weighted by atomic mass is 16.5. The zero-order valence-corrected chi connectivity index (χ0v) is 28.5. The number of nitrogens with zero attached hydrogens (tertiary/aromatic N) is 1. The molecule has 0 amide bonds. The van der Waals surface area contributed by atoms with Crippen molar-refractivity contribution in [3.63, 3.8) is 0 Å². The van der Waals surface area contributed by atoms with E-state index < -0.39 is 0 Å². The second kappa shape index (κ2) is 15.1. The standard InChI is InChI=1S/C39H55N3O5/c1-4-6-9-36-28(23-43)19-30(47-36)12-10-26-11-13-35(45)37(17-26)46-24-34(41-5-2)33-20-31-32(22-40-21-25(3)44)39-15-7-8-29(39)18-27(14-16-39)38(31)42-33/h11,13-14,16-17,19-20,25,27,29,32,34,36,40-41,43-45H,4-10,12,15,18,21-24H2,1-3H3. The van der Waals surface area contributed by atoms with Gasteiger partial charge in [-0.1, -0.05) is 63.5 Å².